The monoisotopic (exact) mass is 312 g/mol. The molecule has 0 saturated heterocycles. The summed E-state index contributed by atoms with van der Waals surface area (Å²) in [6.45, 7) is 1.88. The van der Waals surface area contributed by atoms with Gasteiger partial charge in [-0.05, 0) is 31.2 Å². The summed E-state index contributed by atoms with van der Waals surface area (Å²) in [7, 11) is -3.72. The first-order valence-electron chi connectivity index (χ1n) is 5.64. The minimum Gasteiger partial charge on any atom is -0.477 e. The number of pyridine rings is 1. The first-order valence-corrected chi connectivity index (χ1v) is 7.94. The lowest BCUT2D eigenvalue weighted by Gasteiger charge is -2.04. The Labute approximate surface area is 120 Å². The number of rotatable bonds is 5. The Morgan fingerprint density at radius 1 is 1.35 bits per heavy atom. The van der Waals surface area contributed by atoms with Crippen LogP contribution in [0.5, 0.6) is 0 Å². The second kappa shape index (κ2) is 5.70. The van der Waals surface area contributed by atoms with Gasteiger partial charge in [0.25, 0.3) is 0 Å². The molecule has 6 nitrogen and oxygen atoms in total. The fourth-order valence-corrected chi connectivity index (χ4v) is 3.71. The summed E-state index contributed by atoms with van der Waals surface area (Å²) in [6.07, 6.45) is 0. The zero-order valence-corrected chi connectivity index (χ0v) is 12.2. The predicted molar refractivity (Wildman–Crippen MR) is 74.3 cm³/mol. The molecular formula is C12H12N2O4S2. The maximum atomic E-state index is 12.0. The van der Waals surface area contributed by atoms with Crippen molar-refractivity contribution in [1.29, 1.82) is 0 Å². The van der Waals surface area contributed by atoms with E-state index >= 15 is 0 Å². The third kappa shape index (κ3) is 3.41. The van der Waals surface area contributed by atoms with Gasteiger partial charge in [0, 0.05) is 5.69 Å². The number of carboxylic acids is 1. The zero-order valence-electron chi connectivity index (χ0n) is 10.5. The maximum absolute atomic E-state index is 12.0. The lowest BCUT2D eigenvalue weighted by Crippen LogP contribution is -2.23. The number of hydrogen-bond acceptors (Lipinski definition) is 5. The summed E-state index contributed by atoms with van der Waals surface area (Å²) in [5.74, 6) is -1.14. The molecule has 0 atom stereocenters. The van der Waals surface area contributed by atoms with E-state index in [0.717, 1.165) is 5.69 Å². The standard InChI is InChI=1S/C12H12N2O4S2/c1-8-3-2-4-9(14-8)7-13-20(17,18)11-6-5-10(19-11)12(15)16/h2-6,13H,7H2,1H3,(H,15,16). The Bertz CT molecular complexity index is 737. The van der Waals surface area contributed by atoms with E-state index in [4.69, 9.17) is 5.11 Å². The third-order valence-electron chi connectivity index (χ3n) is 2.45. The third-order valence-corrected chi connectivity index (χ3v) is 5.41. The van der Waals surface area contributed by atoms with Crippen molar-refractivity contribution in [2.45, 2.75) is 17.7 Å². The van der Waals surface area contributed by atoms with Gasteiger partial charge in [-0.3, -0.25) is 4.98 Å². The number of thiophene rings is 1. The lowest BCUT2D eigenvalue weighted by molar-refractivity contribution is 0.0702. The summed E-state index contributed by atoms with van der Waals surface area (Å²) >= 11 is 0.716. The molecule has 0 radical (unpaired) electrons. The number of aromatic carboxylic acids is 1. The van der Waals surface area contributed by atoms with Crippen molar-refractivity contribution in [3.8, 4) is 0 Å². The maximum Gasteiger partial charge on any atom is 0.345 e. The number of carbonyl (C=O) groups is 1. The van der Waals surface area contributed by atoms with Crippen LogP contribution in [0.3, 0.4) is 0 Å². The highest BCUT2D eigenvalue weighted by Gasteiger charge is 2.18. The predicted octanol–water partition coefficient (Wildman–Crippen LogP) is 1.63. The van der Waals surface area contributed by atoms with E-state index in [9.17, 15) is 13.2 Å². The van der Waals surface area contributed by atoms with Gasteiger partial charge in [0.15, 0.2) is 0 Å². The lowest BCUT2D eigenvalue weighted by atomic mass is 10.3. The summed E-state index contributed by atoms with van der Waals surface area (Å²) in [4.78, 5) is 14.9. The van der Waals surface area contributed by atoms with Crippen molar-refractivity contribution < 1.29 is 18.3 Å². The van der Waals surface area contributed by atoms with Crippen molar-refractivity contribution in [3.63, 3.8) is 0 Å². The molecule has 0 spiro atoms. The molecule has 0 unspecified atom stereocenters. The highest BCUT2D eigenvalue weighted by atomic mass is 32.2. The fraction of sp³-hybridized carbons (Fsp3) is 0.167. The fourth-order valence-electron chi connectivity index (χ4n) is 1.52. The molecule has 20 heavy (non-hydrogen) atoms. The van der Waals surface area contributed by atoms with Crippen molar-refractivity contribution in [2.24, 2.45) is 0 Å². The van der Waals surface area contributed by atoms with E-state index in [1.807, 2.05) is 13.0 Å². The SMILES string of the molecule is Cc1cccc(CNS(=O)(=O)c2ccc(C(=O)O)s2)n1. The first kappa shape index (κ1) is 14.6. The van der Waals surface area contributed by atoms with Crippen LogP contribution in [0.4, 0.5) is 0 Å². The summed E-state index contributed by atoms with van der Waals surface area (Å²) in [5, 5.41) is 8.79. The van der Waals surface area contributed by atoms with E-state index in [2.05, 4.69) is 9.71 Å². The molecule has 0 fully saturated rings. The molecule has 0 aromatic carbocycles. The van der Waals surface area contributed by atoms with Crippen LogP contribution in [-0.4, -0.2) is 24.5 Å². The van der Waals surface area contributed by atoms with Crippen LogP contribution in [0.25, 0.3) is 0 Å². The largest absolute Gasteiger partial charge is 0.477 e. The molecule has 106 valence electrons. The van der Waals surface area contributed by atoms with Gasteiger partial charge in [0.05, 0.1) is 12.2 Å². The Morgan fingerprint density at radius 3 is 2.70 bits per heavy atom. The highest BCUT2D eigenvalue weighted by molar-refractivity contribution is 7.91. The summed E-state index contributed by atoms with van der Waals surface area (Å²) in [6, 6.07) is 7.87. The number of sulfonamides is 1. The van der Waals surface area contributed by atoms with Crippen molar-refractivity contribution >= 4 is 27.3 Å². The molecule has 0 amide bonds. The normalized spacial score (nSPS) is 11.4. The van der Waals surface area contributed by atoms with Crippen LogP contribution < -0.4 is 4.72 Å². The Kier molecular flexibility index (Phi) is 4.17. The Morgan fingerprint density at radius 2 is 2.10 bits per heavy atom. The van der Waals surface area contributed by atoms with Gasteiger partial charge in [-0.2, -0.15) is 0 Å². The average molecular weight is 312 g/mol. The second-order valence-corrected chi connectivity index (χ2v) is 7.10. The van der Waals surface area contributed by atoms with Gasteiger partial charge < -0.3 is 5.11 Å². The smallest absolute Gasteiger partial charge is 0.345 e. The Balaban J connectivity index is 2.12. The van der Waals surface area contributed by atoms with E-state index < -0.39 is 16.0 Å². The molecule has 0 bridgehead atoms. The second-order valence-electron chi connectivity index (χ2n) is 4.02. The zero-order chi connectivity index (χ0) is 14.8. The molecule has 0 aliphatic carbocycles. The van der Waals surface area contributed by atoms with E-state index in [0.29, 0.717) is 17.0 Å². The molecule has 2 rings (SSSR count). The summed E-state index contributed by atoms with van der Waals surface area (Å²) in [5.41, 5.74) is 1.40. The van der Waals surface area contributed by atoms with Gasteiger partial charge in [-0.25, -0.2) is 17.9 Å². The van der Waals surface area contributed by atoms with Crippen LogP contribution in [0.1, 0.15) is 21.1 Å². The molecular weight excluding hydrogens is 300 g/mol. The van der Waals surface area contributed by atoms with Gasteiger partial charge >= 0.3 is 5.97 Å². The number of aromatic nitrogens is 1. The molecule has 2 aromatic rings. The van der Waals surface area contributed by atoms with E-state index in [1.54, 1.807) is 12.1 Å². The molecule has 0 aliphatic rings. The molecule has 2 N–H and O–H groups in total. The number of nitrogens with one attached hydrogen (secondary N) is 1. The minimum atomic E-state index is -3.72. The van der Waals surface area contributed by atoms with Gasteiger partial charge in [0.1, 0.15) is 9.09 Å². The average Bonchev–Trinajstić information content (AvgIpc) is 2.87. The number of nitrogens with zero attached hydrogens (tertiary/aromatic N) is 1. The quantitative estimate of drug-likeness (QED) is 0.874. The molecule has 0 saturated carbocycles. The first-order chi connectivity index (χ1) is 9.38. The van der Waals surface area contributed by atoms with Gasteiger partial charge in [-0.1, -0.05) is 6.07 Å². The number of carboxylic acid groups (broad SMARTS) is 1. The highest BCUT2D eigenvalue weighted by Crippen LogP contribution is 2.21. The number of aryl methyl sites for hydroxylation is 1. The molecule has 0 aliphatic heterocycles. The molecule has 2 heterocycles. The van der Waals surface area contributed by atoms with Crippen LogP contribution in [0.15, 0.2) is 34.5 Å². The van der Waals surface area contributed by atoms with Crippen LogP contribution in [0.2, 0.25) is 0 Å². The van der Waals surface area contributed by atoms with Crippen LogP contribution in [-0.2, 0) is 16.6 Å². The molecule has 2 aromatic heterocycles. The van der Waals surface area contributed by atoms with E-state index in [-0.39, 0.29) is 15.6 Å². The van der Waals surface area contributed by atoms with E-state index in [1.165, 1.54) is 12.1 Å². The number of hydrogen-bond donors (Lipinski definition) is 2. The van der Waals surface area contributed by atoms with Crippen molar-refractivity contribution in [2.75, 3.05) is 0 Å². The van der Waals surface area contributed by atoms with Gasteiger partial charge in [-0.15, -0.1) is 11.3 Å². The summed E-state index contributed by atoms with van der Waals surface area (Å²) < 4.78 is 26.4. The van der Waals surface area contributed by atoms with Crippen molar-refractivity contribution in [1.82, 2.24) is 9.71 Å². The van der Waals surface area contributed by atoms with Crippen LogP contribution in [0, 0.1) is 6.92 Å². The topological polar surface area (TPSA) is 96.4 Å². The molecule has 8 heteroatoms. The van der Waals surface area contributed by atoms with Crippen molar-refractivity contribution in [3.05, 3.63) is 46.6 Å². The Hall–Kier alpha value is -1.77. The van der Waals surface area contributed by atoms with Crippen LogP contribution >= 0.6 is 11.3 Å². The minimum absolute atomic E-state index is 0.0148. The van der Waals surface area contributed by atoms with Gasteiger partial charge in [0.2, 0.25) is 10.0 Å².